The van der Waals surface area contributed by atoms with Gasteiger partial charge in [0.25, 0.3) is 0 Å². The number of methoxy groups -OCH3 is 1. The van der Waals surface area contributed by atoms with Crippen molar-refractivity contribution in [1.29, 1.82) is 0 Å². The van der Waals surface area contributed by atoms with Gasteiger partial charge in [0.15, 0.2) is 0 Å². The maximum atomic E-state index is 12.5. The van der Waals surface area contributed by atoms with E-state index in [4.69, 9.17) is 16.3 Å². The average Bonchev–Trinajstić information content (AvgIpc) is 2.38. The van der Waals surface area contributed by atoms with E-state index in [9.17, 15) is 13.2 Å². The predicted octanol–water partition coefficient (Wildman–Crippen LogP) is 0.469. The van der Waals surface area contributed by atoms with Crippen molar-refractivity contribution >= 4 is 27.5 Å². The van der Waals surface area contributed by atoms with Gasteiger partial charge < -0.3 is 10.1 Å². The quantitative estimate of drug-likeness (QED) is 0.881. The number of piperazine rings is 1. The van der Waals surface area contributed by atoms with Gasteiger partial charge in [0.2, 0.25) is 15.9 Å². The summed E-state index contributed by atoms with van der Waals surface area (Å²) in [6.07, 6.45) is 0. The lowest BCUT2D eigenvalue weighted by Crippen LogP contribution is -2.49. The Balaban J connectivity index is 2.44. The number of rotatable bonds is 3. The van der Waals surface area contributed by atoms with E-state index in [1.165, 1.54) is 19.2 Å². The highest BCUT2D eigenvalue weighted by atomic mass is 35.5. The third-order valence-corrected chi connectivity index (χ3v) is 4.85. The van der Waals surface area contributed by atoms with Crippen molar-refractivity contribution in [2.24, 2.45) is 0 Å². The van der Waals surface area contributed by atoms with Crippen molar-refractivity contribution in [3.63, 3.8) is 0 Å². The monoisotopic (exact) mass is 304 g/mol. The molecule has 0 aromatic heterocycles. The summed E-state index contributed by atoms with van der Waals surface area (Å²) in [6, 6.07) is 4.35. The molecule has 1 aromatic rings. The van der Waals surface area contributed by atoms with E-state index in [2.05, 4.69) is 5.32 Å². The van der Waals surface area contributed by atoms with E-state index < -0.39 is 10.0 Å². The molecule has 0 spiro atoms. The Morgan fingerprint density at radius 2 is 2.16 bits per heavy atom. The molecule has 1 amide bonds. The molecule has 1 N–H and O–H groups in total. The molecule has 104 valence electrons. The molecule has 0 atom stereocenters. The molecule has 0 unspecified atom stereocenters. The fourth-order valence-electron chi connectivity index (χ4n) is 1.81. The van der Waals surface area contributed by atoms with Crippen LogP contribution < -0.4 is 10.1 Å². The fourth-order valence-corrected chi connectivity index (χ4v) is 3.63. The first-order valence-electron chi connectivity index (χ1n) is 5.55. The number of hydrogen-bond donors (Lipinski definition) is 1. The zero-order valence-corrected chi connectivity index (χ0v) is 11.8. The molecular weight excluding hydrogens is 292 g/mol. The first kappa shape index (κ1) is 14.1. The number of benzene rings is 1. The topological polar surface area (TPSA) is 75.7 Å². The highest BCUT2D eigenvalue weighted by Crippen LogP contribution is 2.29. The Kier molecular flexibility index (Phi) is 3.98. The van der Waals surface area contributed by atoms with Crippen molar-refractivity contribution in [3.05, 3.63) is 23.2 Å². The lowest BCUT2D eigenvalue weighted by molar-refractivity contribution is -0.122. The lowest BCUT2D eigenvalue weighted by atomic mass is 10.3. The van der Waals surface area contributed by atoms with Crippen molar-refractivity contribution < 1.29 is 17.9 Å². The van der Waals surface area contributed by atoms with Crippen LogP contribution in [0.2, 0.25) is 5.02 Å². The van der Waals surface area contributed by atoms with Crippen molar-refractivity contribution in [2.75, 3.05) is 26.7 Å². The van der Waals surface area contributed by atoms with E-state index in [0.717, 1.165) is 4.31 Å². The number of halogens is 1. The van der Waals surface area contributed by atoms with Crippen LogP contribution in [0.15, 0.2) is 23.1 Å². The normalized spacial score (nSPS) is 17.1. The summed E-state index contributed by atoms with van der Waals surface area (Å²) < 4.78 is 31.1. The molecule has 0 saturated carbocycles. The number of carbonyl (C=O) groups is 1. The summed E-state index contributed by atoms with van der Waals surface area (Å²) in [6.45, 7) is 0.322. The molecule has 2 rings (SSSR count). The average molecular weight is 305 g/mol. The summed E-state index contributed by atoms with van der Waals surface area (Å²) in [5.41, 5.74) is 0. The molecule has 19 heavy (non-hydrogen) atoms. The number of sulfonamides is 1. The van der Waals surface area contributed by atoms with Crippen LogP contribution in [0.25, 0.3) is 0 Å². The Morgan fingerprint density at radius 1 is 1.42 bits per heavy atom. The van der Waals surface area contributed by atoms with Crippen LogP contribution in [0.1, 0.15) is 0 Å². The molecule has 0 radical (unpaired) electrons. The van der Waals surface area contributed by atoms with Crippen molar-refractivity contribution in [2.45, 2.75) is 4.90 Å². The molecule has 1 heterocycles. The first-order chi connectivity index (χ1) is 8.95. The van der Waals surface area contributed by atoms with Gasteiger partial charge in [0.1, 0.15) is 10.6 Å². The molecular formula is C11H13ClN2O4S. The predicted molar refractivity (Wildman–Crippen MR) is 69.8 cm³/mol. The number of carbonyl (C=O) groups excluding carboxylic acids is 1. The molecule has 0 bridgehead atoms. The second-order valence-electron chi connectivity index (χ2n) is 3.98. The summed E-state index contributed by atoms with van der Waals surface area (Å²) in [4.78, 5) is 11.3. The highest BCUT2D eigenvalue weighted by Gasteiger charge is 2.31. The maximum Gasteiger partial charge on any atom is 0.247 e. The minimum atomic E-state index is -3.80. The van der Waals surface area contributed by atoms with Crippen LogP contribution in [0.3, 0.4) is 0 Å². The van der Waals surface area contributed by atoms with E-state index in [0.29, 0.717) is 11.6 Å². The van der Waals surface area contributed by atoms with Crippen LogP contribution in [-0.4, -0.2) is 45.4 Å². The molecule has 1 fully saturated rings. The molecule has 6 nitrogen and oxygen atoms in total. The smallest absolute Gasteiger partial charge is 0.247 e. The van der Waals surface area contributed by atoms with Gasteiger partial charge in [-0.25, -0.2) is 8.42 Å². The minimum absolute atomic E-state index is 0.0304. The summed E-state index contributed by atoms with van der Waals surface area (Å²) >= 11 is 5.83. The van der Waals surface area contributed by atoms with Gasteiger partial charge >= 0.3 is 0 Å². The minimum Gasteiger partial charge on any atom is -0.495 e. The number of hydrogen-bond acceptors (Lipinski definition) is 4. The highest BCUT2D eigenvalue weighted by molar-refractivity contribution is 7.89. The second-order valence-corrected chi connectivity index (χ2v) is 6.33. The standard InChI is InChI=1S/C11H13ClN2O4S/c1-18-9-3-2-8(12)6-10(9)19(16,17)14-5-4-13-11(15)7-14/h2-3,6H,4-5,7H2,1H3,(H,13,15). The zero-order valence-electron chi connectivity index (χ0n) is 10.2. The van der Waals surface area contributed by atoms with Crippen LogP contribution in [0.5, 0.6) is 5.75 Å². The Labute approximate surface area is 116 Å². The SMILES string of the molecule is COc1ccc(Cl)cc1S(=O)(=O)N1CCNC(=O)C1. The van der Waals surface area contributed by atoms with Gasteiger partial charge in [-0.05, 0) is 18.2 Å². The molecule has 1 aliphatic rings. The van der Waals surface area contributed by atoms with Crippen LogP contribution in [0.4, 0.5) is 0 Å². The third kappa shape index (κ3) is 2.83. The largest absolute Gasteiger partial charge is 0.495 e. The van der Waals surface area contributed by atoms with E-state index >= 15 is 0 Å². The molecule has 8 heteroatoms. The lowest BCUT2D eigenvalue weighted by Gasteiger charge is -2.26. The number of nitrogens with one attached hydrogen (secondary N) is 1. The Morgan fingerprint density at radius 3 is 2.79 bits per heavy atom. The second kappa shape index (κ2) is 5.36. The third-order valence-electron chi connectivity index (χ3n) is 2.75. The molecule has 1 aliphatic heterocycles. The van der Waals surface area contributed by atoms with Gasteiger partial charge in [-0.2, -0.15) is 4.31 Å². The maximum absolute atomic E-state index is 12.5. The van der Waals surface area contributed by atoms with E-state index in [1.807, 2.05) is 0 Å². The Bertz CT molecular complexity index is 603. The Hall–Kier alpha value is -1.31. The van der Waals surface area contributed by atoms with Crippen molar-refractivity contribution in [3.8, 4) is 5.75 Å². The van der Waals surface area contributed by atoms with Crippen LogP contribution in [-0.2, 0) is 14.8 Å². The number of ether oxygens (including phenoxy) is 1. The molecule has 1 saturated heterocycles. The first-order valence-corrected chi connectivity index (χ1v) is 7.37. The van der Waals surface area contributed by atoms with Gasteiger partial charge in [-0.1, -0.05) is 11.6 Å². The number of amides is 1. The van der Waals surface area contributed by atoms with Crippen LogP contribution >= 0.6 is 11.6 Å². The van der Waals surface area contributed by atoms with E-state index in [1.54, 1.807) is 6.07 Å². The van der Waals surface area contributed by atoms with Gasteiger partial charge in [0, 0.05) is 18.1 Å². The van der Waals surface area contributed by atoms with E-state index in [-0.39, 0.29) is 29.6 Å². The molecule has 1 aromatic carbocycles. The summed E-state index contributed by atoms with van der Waals surface area (Å²) in [7, 11) is -2.42. The van der Waals surface area contributed by atoms with Crippen LogP contribution in [0, 0.1) is 0 Å². The molecule has 0 aliphatic carbocycles. The fraction of sp³-hybridized carbons (Fsp3) is 0.364. The van der Waals surface area contributed by atoms with Gasteiger partial charge in [0.05, 0.1) is 13.7 Å². The van der Waals surface area contributed by atoms with Gasteiger partial charge in [-0.15, -0.1) is 0 Å². The van der Waals surface area contributed by atoms with Gasteiger partial charge in [-0.3, -0.25) is 4.79 Å². The summed E-state index contributed by atoms with van der Waals surface area (Å²) in [5.74, 6) is -0.119. The summed E-state index contributed by atoms with van der Waals surface area (Å²) in [5, 5.41) is 2.87. The number of nitrogens with zero attached hydrogens (tertiary/aromatic N) is 1. The van der Waals surface area contributed by atoms with Crippen molar-refractivity contribution in [1.82, 2.24) is 9.62 Å². The zero-order chi connectivity index (χ0) is 14.0.